The fourth-order valence-electron chi connectivity index (χ4n) is 3.13. The van der Waals surface area contributed by atoms with Crippen molar-refractivity contribution in [3.8, 4) is 0 Å². The first-order valence-corrected chi connectivity index (χ1v) is 10.5. The Morgan fingerprint density at radius 1 is 1.38 bits per heavy atom. The maximum atomic E-state index is 12.7. The van der Waals surface area contributed by atoms with Crippen molar-refractivity contribution in [3.63, 3.8) is 0 Å². The maximum Gasteiger partial charge on any atom is 0.356 e. The number of esters is 1. The summed E-state index contributed by atoms with van der Waals surface area (Å²) in [6.45, 7) is -0.157. The van der Waals surface area contributed by atoms with Crippen LogP contribution in [0.25, 0.3) is 0 Å². The lowest BCUT2D eigenvalue weighted by Crippen LogP contribution is -2.70. The van der Waals surface area contributed by atoms with Gasteiger partial charge in [0.15, 0.2) is 5.82 Å². The van der Waals surface area contributed by atoms with Gasteiger partial charge in [-0.1, -0.05) is 11.6 Å². The minimum atomic E-state index is -0.828. The molecule has 1 aromatic carbocycles. The number of carbonyl (C=O) groups is 3. The van der Waals surface area contributed by atoms with Gasteiger partial charge in [0.1, 0.15) is 23.7 Å². The number of nitro benzene ring substituents is 1. The highest BCUT2D eigenvalue weighted by Crippen LogP contribution is 2.41. The van der Waals surface area contributed by atoms with Crippen LogP contribution in [0.1, 0.15) is 11.4 Å². The van der Waals surface area contributed by atoms with Gasteiger partial charge in [-0.15, -0.1) is 16.9 Å². The van der Waals surface area contributed by atoms with Gasteiger partial charge in [-0.3, -0.25) is 24.6 Å². The highest BCUT2D eigenvalue weighted by molar-refractivity contribution is 8.00. The number of hydrogen-bond acceptors (Lipinski definition) is 10. The first kappa shape index (κ1) is 21.7. The van der Waals surface area contributed by atoms with E-state index in [1.54, 1.807) is 0 Å². The topological polar surface area (TPSA) is 173 Å². The Labute approximate surface area is 188 Å². The number of aromatic amines is 1. The number of ether oxygens (including phenoxy) is 1. The van der Waals surface area contributed by atoms with E-state index in [-0.39, 0.29) is 41.0 Å². The van der Waals surface area contributed by atoms with E-state index >= 15 is 0 Å². The van der Waals surface area contributed by atoms with Crippen molar-refractivity contribution in [2.45, 2.75) is 24.4 Å². The minimum absolute atomic E-state index is 0.0766. The molecule has 1 fully saturated rings. The molecule has 2 aliphatic heterocycles. The molecule has 1 unspecified atom stereocenters. The van der Waals surface area contributed by atoms with E-state index < -0.39 is 34.1 Å². The molecule has 0 bridgehead atoms. The second-order valence-corrected chi connectivity index (χ2v) is 8.29. The van der Waals surface area contributed by atoms with E-state index in [2.05, 4.69) is 25.9 Å². The number of rotatable bonds is 7. The van der Waals surface area contributed by atoms with Crippen LogP contribution in [-0.2, 0) is 32.1 Å². The number of amides is 2. The number of non-ortho nitro benzene ring substituents is 1. The Hall–Kier alpha value is -3.52. The summed E-state index contributed by atoms with van der Waals surface area (Å²) < 4.78 is 5.26. The number of thioether (sulfide) groups is 1. The lowest BCUT2D eigenvalue weighted by Gasteiger charge is -2.49. The molecule has 2 aromatic rings. The number of H-pyrrole nitrogens is 1. The van der Waals surface area contributed by atoms with Crippen LogP contribution in [-0.4, -0.2) is 65.4 Å². The minimum Gasteiger partial charge on any atom is -0.456 e. The number of hydrogen-bond donors (Lipinski definition) is 2. The fourth-order valence-corrected chi connectivity index (χ4v) is 4.68. The van der Waals surface area contributed by atoms with E-state index in [0.29, 0.717) is 5.56 Å². The van der Waals surface area contributed by atoms with Crippen LogP contribution in [0.15, 0.2) is 35.0 Å². The monoisotopic (exact) mass is 479 g/mol. The third-order valence-corrected chi connectivity index (χ3v) is 6.42. The van der Waals surface area contributed by atoms with Gasteiger partial charge in [-0.25, -0.2) is 9.89 Å². The molecule has 13 nitrogen and oxygen atoms in total. The maximum absolute atomic E-state index is 12.7. The van der Waals surface area contributed by atoms with Crippen LogP contribution >= 0.6 is 23.4 Å². The molecule has 0 aliphatic carbocycles. The van der Waals surface area contributed by atoms with Crippen LogP contribution in [0.2, 0.25) is 0 Å². The number of tetrazole rings is 1. The summed E-state index contributed by atoms with van der Waals surface area (Å²) in [5.41, 5.74) is 0.369. The Kier molecular flexibility index (Phi) is 6.05. The second-order valence-electron chi connectivity index (χ2n) is 6.73. The van der Waals surface area contributed by atoms with Crippen molar-refractivity contribution >= 4 is 46.8 Å². The number of nitrogens with zero attached hydrogens (tertiary/aromatic N) is 5. The summed E-state index contributed by atoms with van der Waals surface area (Å²) in [4.78, 5) is 48.8. The van der Waals surface area contributed by atoms with Crippen molar-refractivity contribution in [1.29, 1.82) is 0 Å². The summed E-state index contributed by atoms with van der Waals surface area (Å²) in [7, 11) is 0. The molecule has 2 amide bonds. The van der Waals surface area contributed by atoms with Crippen LogP contribution in [0.4, 0.5) is 5.69 Å². The Morgan fingerprint density at radius 3 is 2.78 bits per heavy atom. The van der Waals surface area contributed by atoms with Crippen LogP contribution < -0.4 is 5.32 Å². The molecule has 0 saturated carbocycles. The zero-order valence-electron chi connectivity index (χ0n) is 16.1. The van der Waals surface area contributed by atoms with Gasteiger partial charge in [-0.2, -0.15) is 0 Å². The molecule has 3 heterocycles. The average Bonchev–Trinajstić information content (AvgIpc) is 3.28. The molecule has 4 rings (SSSR count). The molecule has 2 aliphatic rings. The first-order valence-electron chi connectivity index (χ1n) is 9.11. The highest BCUT2D eigenvalue weighted by atomic mass is 35.5. The third-order valence-electron chi connectivity index (χ3n) is 4.67. The van der Waals surface area contributed by atoms with Gasteiger partial charge in [0, 0.05) is 17.9 Å². The van der Waals surface area contributed by atoms with Gasteiger partial charge in [0.25, 0.3) is 11.6 Å². The normalized spacial score (nSPS) is 19.8. The number of halogens is 1. The van der Waals surface area contributed by atoms with Gasteiger partial charge in [0.05, 0.1) is 16.4 Å². The van der Waals surface area contributed by atoms with Gasteiger partial charge < -0.3 is 10.1 Å². The van der Waals surface area contributed by atoms with Gasteiger partial charge in [-0.05, 0) is 28.1 Å². The molecule has 2 N–H and O–H groups in total. The van der Waals surface area contributed by atoms with Crippen LogP contribution in [0.3, 0.4) is 0 Å². The molecule has 32 heavy (non-hydrogen) atoms. The average molecular weight is 480 g/mol. The van der Waals surface area contributed by atoms with E-state index in [4.69, 9.17) is 16.3 Å². The molecular weight excluding hydrogens is 466 g/mol. The summed E-state index contributed by atoms with van der Waals surface area (Å²) in [6, 6.07) is 4.69. The molecule has 0 spiro atoms. The molecule has 0 radical (unpaired) electrons. The van der Waals surface area contributed by atoms with Gasteiger partial charge >= 0.3 is 5.97 Å². The number of fused-ring (bicyclic) bond motifs is 1. The number of nitro groups is 1. The number of aromatic nitrogens is 4. The third kappa shape index (κ3) is 4.27. The van der Waals surface area contributed by atoms with Crippen molar-refractivity contribution in [2.24, 2.45) is 0 Å². The molecule has 2 atom stereocenters. The SMILES string of the molecule is O=C(Cc1nnn[nH]1)NC1C(=O)N2C(C(=O)OCc3ccc([N+](=O)[O-])cc3)=C(Cl)CS[C@@H]12. The number of carbonyl (C=O) groups excluding carboxylic acids is 3. The summed E-state index contributed by atoms with van der Waals surface area (Å²) in [5.74, 6) is -1.24. The van der Waals surface area contributed by atoms with E-state index in [1.807, 2.05) is 0 Å². The lowest BCUT2D eigenvalue weighted by atomic mass is 10.0. The molecule has 1 aromatic heterocycles. The molecular formula is C17H14ClN7O6S. The number of benzene rings is 1. The number of β-lactam (4-membered cyclic amide) rings is 1. The Balaban J connectivity index is 1.38. The summed E-state index contributed by atoms with van der Waals surface area (Å²) in [5, 5.41) is 25.8. The molecule has 1 saturated heterocycles. The Bertz CT molecular complexity index is 1110. The lowest BCUT2D eigenvalue weighted by molar-refractivity contribution is -0.384. The zero-order chi connectivity index (χ0) is 22.8. The van der Waals surface area contributed by atoms with Crippen molar-refractivity contribution in [1.82, 2.24) is 30.8 Å². The van der Waals surface area contributed by atoms with Crippen molar-refractivity contribution in [3.05, 3.63) is 56.5 Å². The van der Waals surface area contributed by atoms with E-state index in [1.165, 1.54) is 40.9 Å². The predicted molar refractivity (Wildman–Crippen MR) is 109 cm³/mol. The van der Waals surface area contributed by atoms with E-state index in [9.17, 15) is 24.5 Å². The van der Waals surface area contributed by atoms with Crippen molar-refractivity contribution in [2.75, 3.05) is 5.75 Å². The standard InChI is InChI=1S/C17H14ClN7O6S/c18-10-7-32-16-13(19-12(26)5-11-20-22-23-21-11)15(27)24(16)14(10)17(28)31-6-8-1-3-9(4-2-8)25(29)30/h1-4,13,16H,5-7H2,(H,19,26)(H,20,21,22,23)/t13?,16-/m0/s1. The first-order chi connectivity index (χ1) is 15.3. The largest absolute Gasteiger partial charge is 0.456 e. The summed E-state index contributed by atoms with van der Waals surface area (Å²) in [6.07, 6.45) is -0.130. The smallest absolute Gasteiger partial charge is 0.356 e. The van der Waals surface area contributed by atoms with E-state index in [0.717, 1.165) is 0 Å². The van der Waals surface area contributed by atoms with Crippen LogP contribution in [0, 0.1) is 10.1 Å². The van der Waals surface area contributed by atoms with Crippen LogP contribution in [0.5, 0.6) is 0 Å². The fraction of sp³-hybridized carbons (Fsp3) is 0.294. The quantitative estimate of drug-likeness (QED) is 0.242. The second kappa shape index (κ2) is 8.92. The van der Waals surface area contributed by atoms with Crippen molar-refractivity contribution < 1.29 is 24.0 Å². The predicted octanol–water partition coefficient (Wildman–Crippen LogP) is 0.244. The molecule has 166 valence electrons. The zero-order valence-corrected chi connectivity index (χ0v) is 17.6. The summed E-state index contributed by atoms with van der Waals surface area (Å²) >= 11 is 7.50. The molecule has 15 heteroatoms. The number of nitrogens with one attached hydrogen (secondary N) is 2. The van der Waals surface area contributed by atoms with Gasteiger partial charge in [0.2, 0.25) is 5.91 Å². The Morgan fingerprint density at radius 2 is 2.12 bits per heavy atom. The highest BCUT2D eigenvalue weighted by Gasteiger charge is 2.54.